The molecule has 0 aromatic carbocycles. The largest absolute Gasteiger partial charge is 0.468 e. The molecule has 0 amide bonds. The molecule has 0 saturated carbocycles. The third kappa shape index (κ3) is 6.85. The maximum atomic E-state index is 12.4. The Hall–Kier alpha value is -2.38. The van der Waals surface area contributed by atoms with Crippen molar-refractivity contribution in [1.29, 1.82) is 0 Å². The summed E-state index contributed by atoms with van der Waals surface area (Å²) in [4.78, 5) is 20.9. The number of rotatable bonds is 5. The Morgan fingerprint density at radius 1 is 1.10 bits per heavy atom. The second kappa shape index (κ2) is 11.1. The van der Waals surface area contributed by atoms with E-state index in [9.17, 15) is 13.2 Å². The molecule has 1 aliphatic rings. The minimum absolute atomic E-state index is 0. The molecule has 0 radical (unpaired) electrons. The fourth-order valence-corrected chi connectivity index (χ4v) is 2.92. The standard InChI is InChI=1S/C18H22F3N7O.HI/c1-22-16(27-8-10-28(11-9-27)17-24-6-3-7-25-17)26-12-14-4-2-5-23-15(14)29-13-18(19,20)21;/h2-7H,8-13H2,1H3,(H,22,26);1H. The van der Waals surface area contributed by atoms with Gasteiger partial charge in [-0.05, 0) is 12.1 Å². The lowest BCUT2D eigenvalue weighted by Crippen LogP contribution is -2.52. The molecule has 1 fully saturated rings. The van der Waals surface area contributed by atoms with Gasteiger partial charge in [0, 0.05) is 63.9 Å². The average Bonchev–Trinajstić information content (AvgIpc) is 2.74. The molecule has 1 saturated heterocycles. The SMILES string of the molecule is CN=C(NCc1cccnc1OCC(F)(F)F)N1CCN(c2ncccn2)CC1.I. The molecule has 12 heteroatoms. The summed E-state index contributed by atoms with van der Waals surface area (Å²) in [6, 6.07) is 5.10. The van der Waals surface area contributed by atoms with Crippen molar-refractivity contribution in [3.8, 4) is 5.88 Å². The Balaban J connectivity index is 0.00000320. The fraction of sp³-hybridized carbons (Fsp3) is 0.444. The predicted octanol–water partition coefficient (Wildman–Crippen LogP) is 2.33. The number of aliphatic imine (C=N–C) groups is 1. The van der Waals surface area contributed by atoms with Crippen LogP contribution in [-0.4, -0.2) is 71.8 Å². The molecule has 2 aromatic rings. The van der Waals surface area contributed by atoms with Crippen molar-refractivity contribution in [3.63, 3.8) is 0 Å². The number of halogens is 4. The van der Waals surface area contributed by atoms with Gasteiger partial charge < -0.3 is 19.9 Å². The van der Waals surface area contributed by atoms with E-state index in [0.717, 1.165) is 13.1 Å². The summed E-state index contributed by atoms with van der Waals surface area (Å²) in [6.45, 7) is 1.75. The van der Waals surface area contributed by atoms with Crippen molar-refractivity contribution >= 4 is 35.9 Å². The number of ether oxygens (including phenoxy) is 1. The van der Waals surface area contributed by atoms with Gasteiger partial charge in [0.1, 0.15) is 0 Å². The Bertz CT molecular complexity index is 815. The third-order valence-electron chi connectivity index (χ3n) is 4.29. The first kappa shape index (κ1) is 23.9. The van der Waals surface area contributed by atoms with Crippen LogP contribution in [0.15, 0.2) is 41.8 Å². The predicted molar refractivity (Wildman–Crippen MR) is 117 cm³/mol. The Morgan fingerprint density at radius 2 is 1.77 bits per heavy atom. The summed E-state index contributed by atoms with van der Waals surface area (Å²) < 4.78 is 42.1. The normalized spacial score (nSPS) is 14.9. The number of hydrogen-bond acceptors (Lipinski definition) is 6. The zero-order valence-electron chi connectivity index (χ0n) is 16.3. The Kier molecular flexibility index (Phi) is 8.87. The highest BCUT2D eigenvalue weighted by atomic mass is 127. The molecule has 3 rings (SSSR count). The molecule has 8 nitrogen and oxygen atoms in total. The lowest BCUT2D eigenvalue weighted by atomic mass is 10.2. The molecule has 2 aromatic heterocycles. The van der Waals surface area contributed by atoms with Gasteiger partial charge >= 0.3 is 6.18 Å². The second-order valence-electron chi connectivity index (χ2n) is 6.30. The Labute approximate surface area is 189 Å². The molecule has 164 valence electrons. The molecular formula is C18H23F3IN7O. The fourth-order valence-electron chi connectivity index (χ4n) is 2.92. The summed E-state index contributed by atoms with van der Waals surface area (Å²) in [7, 11) is 1.67. The van der Waals surface area contributed by atoms with Crippen LogP contribution in [-0.2, 0) is 6.54 Å². The van der Waals surface area contributed by atoms with Gasteiger partial charge in [0.25, 0.3) is 0 Å². The molecule has 0 bridgehead atoms. The molecule has 0 spiro atoms. The summed E-state index contributed by atoms with van der Waals surface area (Å²) in [5.74, 6) is 1.31. The summed E-state index contributed by atoms with van der Waals surface area (Å²) in [5.41, 5.74) is 0.522. The number of nitrogens with one attached hydrogen (secondary N) is 1. The lowest BCUT2D eigenvalue weighted by molar-refractivity contribution is -0.154. The van der Waals surface area contributed by atoms with E-state index in [0.29, 0.717) is 30.6 Å². The van der Waals surface area contributed by atoms with Crippen LogP contribution in [0.5, 0.6) is 5.88 Å². The summed E-state index contributed by atoms with van der Waals surface area (Å²) in [5, 5.41) is 3.17. The average molecular weight is 537 g/mol. The van der Waals surface area contributed by atoms with Crippen LogP contribution >= 0.6 is 24.0 Å². The highest BCUT2D eigenvalue weighted by Gasteiger charge is 2.29. The van der Waals surface area contributed by atoms with E-state index in [-0.39, 0.29) is 36.4 Å². The van der Waals surface area contributed by atoms with Gasteiger partial charge in [0.2, 0.25) is 11.8 Å². The van der Waals surface area contributed by atoms with Crippen molar-refractivity contribution in [3.05, 3.63) is 42.4 Å². The van der Waals surface area contributed by atoms with Crippen molar-refractivity contribution in [2.75, 3.05) is 44.7 Å². The first-order valence-electron chi connectivity index (χ1n) is 9.07. The van der Waals surface area contributed by atoms with Gasteiger partial charge in [-0.15, -0.1) is 24.0 Å². The van der Waals surface area contributed by atoms with Gasteiger partial charge in [0.15, 0.2) is 12.6 Å². The van der Waals surface area contributed by atoms with Crippen LogP contribution in [0.3, 0.4) is 0 Å². The molecule has 3 heterocycles. The van der Waals surface area contributed by atoms with Gasteiger partial charge in [-0.25, -0.2) is 15.0 Å². The van der Waals surface area contributed by atoms with E-state index in [2.05, 4.69) is 35.1 Å². The van der Waals surface area contributed by atoms with E-state index in [1.54, 1.807) is 37.6 Å². The minimum atomic E-state index is -4.42. The van der Waals surface area contributed by atoms with Gasteiger partial charge in [0.05, 0.1) is 0 Å². The van der Waals surface area contributed by atoms with E-state index < -0.39 is 12.8 Å². The van der Waals surface area contributed by atoms with E-state index in [4.69, 9.17) is 4.74 Å². The molecule has 1 aliphatic heterocycles. The van der Waals surface area contributed by atoms with Gasteiger partial charge in [-0.1, -0.05) is 6.07 Å². The van der Waals surface area contributed by atoms with Crippen LogP contribution in [0.2, 0.25) is 0 Å². The first-order valence-corrected chi connectivity index (χ1v) is 9.07. The Morgan fingerprint density at radius 3 is 2.40 bits per heavy atom. The monoisotopic (exact) mass is 537 g/mol. The quantitative estimate of drug-likeness (QED) is 0.357. The number of piperazine rings is 1. The maximum Gasteiger partial charge on any atom is 0.422 e. The smallest absolute Gasteiger partial charge is 0.422 e. The molecule has 0 atom stereocenters. The zero-order chi connectivity index (χ0) is 20.7. The topological polar surface area (TPSA) is 78.8 Å². The van der Waals surface area contributed by atoms with Crippen molar-refractivity contribution in [2.45, 2.75) is 12.7 Å². The summed E-state index contributed by atoms with van der Waals surface area (Å²) in [6.07, 6.45) is 0.401. The molecule has 30 heavy (non-hydrogen) atoms. The minimum Gasteiger partial charge on any atom is -0.468 e. The number of aromatic nitrogens is 3. The molecule has 0 aliphatic carbocycles. The number of pyridine rings is 1. The molecule has 1 N–H and O–H groups in total. The maximum absolute atomic E-state index is 12.4. The van der Waals surface area contributed by atoms with Gasteiger partial charge in [-0.2, -0.15) is 13.2 Å². The molecule has 0 unspecified atom stereocenters. The second-order valence-corrected chi connectivity index (χ2v) is 6.30. The highest BCUT2D eigenvalue weighted by molar-refractivity contribution is 14.0. The number of anilines is 1. The number of nitrogens with zero attached hydrogens (tertiary/aromatic N) is 6. The number of guanidine groups is 1. The highest BCUT2D eigenvalue weighted by Crippen LogP contribution is 2.20. The van der Waals surface area contributed by atoms with Crippen molar-refractivity contribution in [2.24, 2.45) is 4.99 Å². The van der Waals surface area contributed by atoms with E-state index in [1.165, 1.54) is 6.20 Å². The zero-order valence-corrected chi connectivity index (χ0v) is 18.7. The number of alkyl halides is 3. The van der Waals surface area contributed by atoms with Crippen LogP contribution in [0.1, 0.15) is 5.56 Å². The summed E-state index contributed by atoms with van der Waals surface area (Å²) >= 11 is 0. The van der Waals surface area contributed by atoms with Crippen LogP contribution in [0.4, 0.5) is 19.1 Å². The van der Waals surface area contributed by atoms with Crippen LogP contribution < -0.4 is 15.0 Å². The lowest BCUT2D eigenvalue weighted by Gasteiger charge is -2.36. The van der Waals surface area contributed by atoms with E-state index in [1.807, 2.05) is 0 Å². The van der Waals surface area contributed by atoms with Crippen LogP contribution in [0, 0.1) is 0 Å². The number of hydrogen-bond donors (Lipinski definition) is 1. The van der Waals surface area contributed by atoms with Crippen LogP contribution in [0.25, 0.3) is 0 Å². The molecular weight excluding hydrogens is 514 g/mol. The first-order chi connectivity index (χ1) is 14.0. The third-order valence-corrected chi connectivity index (χ3v) is 4.29. The van der Waals surface area contributed by atoms with Crippen molar-refractivity contribution < 1.29 is 17.9 Å². The van der Waals surface area contributed by atoms with Crippen molar-refractivity contribution in [1.82, 2.24) is 25.2 Å². The van der Waals surface area contributed by atoms with E-state index >= 15 is 0 Å². The van der Waals surface area contributed by atoms with Gasteiger partial charge in [-0.3, -0.25) is 4.99 Å².